The maximum Gasteiger partial charge on any atom is 0.243 e. The normalized spacial score (nSPS) is 17.4. The molecule has 0 saturated carbocycles. The first kappa shape index (κ1) is 16.0. The van der Waals surface area contributed by atoms with Gasteiger partial charge >= 0.3 is 0 Å². The molecular weight excluding hydrogens is 314 g/mol. The minimum absolute atomic E-state index is 0.199. The van der Waals surface area contributed by atoms with Gasteiger partial charge in [-0.1, -0.05) is 24.2 Å². The van der Waals surface area contributed by atoms with Crippen LogP contribution in [0.1, 0.15) is 36.9 Å². The molecule has 1 aliphatic rings. The second-order valence-electron chi connectivity index (χ2n) is 5.83. The van der Waals surface area contributed by atoms with Crippen LogP contribution in [0, 0.1) is 0 Å². The second kappa shape index (κ2) is 6.33. The first-order chi connectivity index (χ1) is 11.0. The smallest absolute Gasteiger partial charge is 0.243 e. The van der Waals surface area contributed by atoms with Crippen LogP contribution in [-0.2, 0) is 16.4 Å². The van der Waals surface area contributed by atoms with Crippen LogP contribution in [0.15, 0.2) is 39.8 Å². The van der Waals surface area contributed by atoms with Crippen molar-refractivity contribution in [3.05, 3.63) is 41.6 Å². The van der Waals surface area contributed by atoms with Gasteiger partial charge in [-0.2, -0.15) is 4.31 Å². The first-order valence-electron chi connectivity index (χ1n) is 7.82. The predicted octanol–water partition coefficient (Wildman–Crippen LogP) is 2.39. The molecule has 124 valence electrons. The highest BCUT2D eigenvalue weighted by atomic mass is 32.2. The van der Waals surface area contributed by atoms with E-state index in [1.54, 1.807) is 22.5 Å². The van der Waals surface area contributed by atoms with Gasteiger partial charge in [0.1, 0.15) is 0 Å². The van der Waals surface area contributed by atoms with E-state index in [2.05, 4.69) is 5.16 Å². The fourth-order valence-electron chi connectivity index (χ4n) is 2.93. The summed E-state index contributed by atoms with van der Waals surface area (Å²) in [5.41, 5.74) is 7.49. The molecule has 2 aromatic rings. The first-order valence-corrected chi connectivity index (χ1v) is 9.26. The Bertz CT molecular complexity index is 760. The third kappa shape index (κ3) is 3.25. The van der Waals surface area contributed by atoms with Crippen LogP contribution in [0.4, 0.5) is 5.88 Å². The van der Waals surface area contributed by atoms with E-state index < -0.39 is 10.0 Å². The molecule has 0 aliphatic carbocycles. The van der Waals surface area contributed by atoms with Crippen molar-refractivity contribution in [2.75, 3.05) is 18.8 Å². The number of piperidine rings is 1. The van der Waals surface area contributed by atoms with Gasteiger partial charge < -0.3 is 10.3 Å². The summed E-state index contributed by atoms with van der Waals surface area (Å²) in [5.74, 6) is 0.496. The van der Waals surface area contributed by atoms with Crippen molar-refractivity contribution in [1.82, 2.24) is 9.46 Å². The monoisotopic (exact) mass is 335 g/mol. The zero-order valence-corrected chi connectivity index (χ0v) is 13.9. The largest absolute Gasteiger partial charge is 0.368 e. The van der Waals surface area contributed by atoms with Crippen LogP contribution in [0.25, 0.3) is 0 Å². The summed E-state index contributed by atoms with van der Waals surface area (Å²) in [5, 5.41) is 3.94. The fraction of sp³-hybridized carbons (Fsp3) is 0.438. The highest BCUT2D eigenvalue weighted by Gasteiger charge is 2.31. The average Bonchev–Trinajstić information content (AvgIpc) is 3.01. The van der Waals surface area contributed by atoms with Gasteiger partial charge in [0.05, 0.1) is 10.6 Å². The van der Waals surface area contributed by atoms with Crippen LogP contribution in [0.5, 0.6) is 0 Å². The molecule has 0 unspecified atom stereocenters. The van der Waals surface area contributed by atoms with Crippen molar-refractivity contribution >= 4 is 15.9 Å². The van der Waals surface area contributed by atoms with Crippen LogP contribution in [0.2, 0.25) is 0 Å². The van der Waals surface area contributed by atoms with Gasteiger partial charge in [0, 0.05) is 25.1 Å². The highest BCUT2D eigenvalue weighted by molar-refractivity contribution is 7.89. The summed E-state index contributed by atoms with van der Waals surface area (Å²) < 4.78 is 31.9. The Kier molecular flexibility index (Phi) is 4.41. The molecule has 0 bridgehead atoms. The molecule has 7 heteroatoms. The Morgan fingerprint density at radius 2 is 1.91 bits per heavy atom. The number of nitrogens with two attached hydrogens (primary N) is 1. The summed E-state index contributed by atoms with van der Waals surface area (Å²) in [7, 11) is -3.42. The van der Waals surface area contributed by atoms with Gasteiger partial charge in [0.2, 0.25) is 15.9 Å². The lowest BCUT2D eigenvalue weighted by Gasteiger charge is -2.30. The van der Waals surface area contributed by atoms with Crippen molar-refractivity contribution in [1.29, 1.82) is 0 Å². The SMILES string of the molecule is CCc1ccc(S(=O)(=O)N2CCC(c3cc(N)on3)CC2)cc1. The standard InChI is InChI=1S/C16H21N3O3S/c1-2-12-3-5-14(6-4-12)23(20,21)19-9-7-13(8-10-19)15-11-16(17)22-18-15/h3-6,11,13H,2,7-10,17H2,1H3. The lowest BCUT2D eigenvalue weighted by atomic mass is 9.95. The molecule has 0 atom stereocenters. The van der Waals surface area contributed by atoms with E-state index in [1.165, 1.54) is 0 Å². The highest BCUT2D eigenvalue weighted by Crippen LogP contribution is 2.30. The van der Waals surface area contributed by atoms with E-state index in [4.69, 9.17) is 10.3 Å². The molecule has 2 heterocycles. The van der Waals surface area contributed by atoms with E-state index in [0.29, 0.717) is 23.9 Å². The van der Waals surface area contributed by atoms with Crippen molar-refractivity contribution in [3.8, 4) is 0 Å². The quantitative estimate of drug-likeness (QED) is 0.926. The molecule has 1 aromatic heterocycles. The summed E-state index contributed by atoms with van der Waals surface area (Å²) in [4.78, 5) is 0.360. The van der Waals surface area contributed by atoms with Crippen molar-refractivity contribution in [2.45, 2.75) is 37.0 Å². The van der Waals surface area contributed by atoms with E-state index in [1.807, 2.05) is 19.1 Å². The summed E-state index contributed by atoms with van der Waals surface area (Å²) in [6.07, 6.45) is 2.34. The van der Waals surface area contributed by atoms with Crippen molar-refractivity contribution in [3.63, 3.8) is 0 Å². The topological polar surface area (TPSA) is 89.4 Å². The molecule has 1 aliphatic heterocycles. The molecule has 3 rings (SSSR count). The van der Waals surface area contributed by atoms with E-state index >= 15 is 0 Å². The second-order valence-corrected chi connectivity index (χ2v) is 7.77. The minimum Gasteiger partial charge on any atom is -0.368 e. The van der Waals surface area contributed by atoms with Gasteiger partial charge in [-0.15, -0.1) is 0 Å². The molecule has 6 nitrogen and oxygen atoms in total. The Morgan fingerprint density at radius 3 is 2.43 bits per heavy atom. The van der Waals surface area contributed by atoms with Gasteiger partial charge in [0.25, 0.3) is 0 Å². The van der Waals surface area contributed by atoms with Crippen molar-refractivity contribution in [2.24, 2.45) is 0 Å². The predicted molar refractivity (Wildman–Crippen MR) is 87.5 cm³/mol. The molecule has 1 saturated heterocycles. The number of aromatic nitrogens is 1. The van der Waals surface area contributed by atoms with Crippen LogP contribution in [-0.4, -0.2) is 31.0 Å². The molecule has 1 fully saturated rings. The Hall–Kier alpha value is -1.86. The molecule has 0 radical (unpaired) electrons. The Morgan fingerprint density at radius 1 is 1.26 bits per heavy atom. The number of nitrogens with zero attached hydrogens (tertiary/aromatic N) is 2. The van der Waals surface area contributed by atoms with Gasteiger partial charge in [-0.3, -0.25) is 0 Å². The number of rotatable bonds is 4. The van der Waals surface area contributed by atoms with E-state index in [9.17, 15) is 8.42 Å². The van der Waals surface area contributed by atoms with E-state index in [0.717, 1.165) is 30.5 Å². The molecule has 2 N–H and O–H groups in total. The summed E-state index contributed by atoms with van der Waals surface area (Å²) >= 11 is 0. The van der Waals surface area contributed by atoms with Crippen molar-refractivity contribution < 1.29 is 12.9 Å². The zero-order valence-electron chi connectivity index (χ0n) is 13.1. The number of aryl methyl sites for hydroxylation is 1. The number of benzene rings is 1. The molecule has 1 aromatic carbocycles. The number of hydrogen-bond acceptors (Lipinski definition) is 5. The fourth-order valence-corrected chi connectivity index (χ4v) is 4.40. The molecular formula is C16H21N3O3S. The lowest BCUT2D eigenvalue weighted by Crippen LogP contribution is -2.37. The van der Waals surface area contributed by atoms with Crippen LogP contribution < -0.4 is 5.73 Å². The lowest BCUT2D eigenvalue weighted by molar-refractivity contribution is 0.309. The van der Waals surface area contributed by atoms with Gasteiger partial charge in [-0.25, -0.2) is 8.42 Å². The number of sulfonamides is 1. The molecule has 23 heavy (non-hydrogen) atoms. The number of anilines is 1. The summed E-state index contributed by atoms with van der Waals surface area (Å²) in [6.45, 7) is 3.01. The average molecular weight is 335 g/mol. The molecule has 0 amide bonds. The Balaban J connectivity index is 1.70. The zero-order chi connectivity index (χ0) is 16.4. The maximum atomic E-state index is 12.7. The van der Waals surface area contributed by atoms with Crippen LogP contribution >= 0.6 is 0 Å². The minimum atomic E-state index is -3.42. The maximum absolute atomic E-state index is 12.7. The van der Waals surface area contributed by atoms with E-state index in [-0.39, 0.29) is 5.92 Å². The number of hydrogen-bond donors (Lipinski definition) is 1. The Labute approximate surface area is 136 Å². The third-order valence-electron chi connectivity index (χ3n) is 4.39. The summed E-state index contributed by atoms with van der Waals surface area (Å²) in [6, 6.07) is 8.85. The van der Waals surface area contributed by atoms with Gasteiger partial charge in [0.15, 0.2) is 0 Å². The number of nitrogen functional groups attached to an aromatic ring is 1. The third-order valence-corrected chi connectivity index (χ3v) is 6.30. The van der Waals surface area contributed by atoms with Crippen LogP contribution in [0.3, 0.4) is 0 Å². The molecule has 0 spiro atoms. The van der Waals surface area contributed by atoms with Gasteiger partial charge in [-0.05, 0) is 37.0 Å².